The van der Waals surface area contributed by atoms with Gasteiger partial charge in [-0.2, -0.15) is 10.2 Å². The molecule has 3 rings (SSSR count). The van der Waals surface area contributed by atoms with E-state index in [1.165, 1.54) is 12.7 Å². The molecule has 3 heterocycles. The highest BCUT2D eigenvalue weighted by atomic mass is 15.3. The maximum absolute atomic E-state index is 4.55. The number of hydrogen-bond acceptors (Lipinski definition) is 5. The molecular formula is C11H11N7. The standard InChI is InChI=1S/C11H11N7/c1-2-10(4-17-8-12-6-14-17)16-11(3-1)5-18-9-13-7-15-18/h1-3,6-9H,4-5H2. The molecule has 3 aromatic heterocycles. The molecule has 7 nitrogen and oxygen atoms in total. The van der Waals surface area contributed by atoms with Crippen LogP contribution in [0.2, 0.25) is 0 Å². The summed E-state index contributed by atoms with van der Waals surface area (Å²) < 4.78 is 3.48. The third-order valence-corrected chi connectivity index (χ3v) is 2.45. The first-order chi connectivity index (χ1) is 8.90. The number of rotatable bonds is 4. The molecule has 0 bridgehead atoms. The Balaban J connectivity index is 1.76. The van der Waals surface area contributed by atoms with Crippen LogP contribution in [-0.2, 0) is 13.1 Å². The van der Waals surface area contributed by atoms with Crippen molar-refractivity contribution in [2.75, 3.05) is 0 Å². The fourth-order valence-electron chi connectivity index (χ4n) is 1.67. The van der Waals surface area contributed by atoms with Crippen LogP contribution >= 0.6 is 0 Å². The molecule has 0 saturated heterocycles. The topological polar surface area (TPSA) is 74.3 Å². The Morgan fingerprint density at radius 3 is 1.83 bits per heavy atom. The van der Waals surface area contributed by atoms with Crippen molar-refractivity contribution >= 4 is 0 Å². The zero-order chi connectivity index (χ0) is 12.2. The van der Waals surface area contributed by atoms with Crippen LogP contribution in [-0.4, -0.2) is 34.5 Å². The summed E-state index contributed by atoms with van der Waals surface area (Å²) in [5.41, 5.74) is 1.89. The van der Waals surface area contributed by atoms with Gasteiger partial charge in [-0.1, -0.05) is 6.07 Å². The minimum Gasteiger partial charge on any atom is -0.254 e. The van der Waals surface area contributed by atoms with Gasteiger partial charge in [0.1, 0.15) is 25.3 Å². The van der Waals surface area contributed by atoms with Crippen LogP contribution in [0, 0.1) is 0 Å². The highest BCUT2D eigenvalue weighted by Gasteiger charge is 2.01. The lowest BCUT2D eigenvalue weighted by Crippen LogP contribution is -2.06. The largest absolute Gasteiger partial charge is 0.254 e. The van der Waals surface area contributed by atoms with Crippen LogP contribution in [0.4, 0.5) is 0 Å². The summed E-state index contributed by atoms with van der Waals surface area (Å²) in [7, 11) is 0. The molecule has 0 aliphatic heterocycles. The van der Waals surface area contributed by atoms with Gasteiger partial charge in [-0.25, -0.2) is 19.3 Å². The van der Waals surface area contributed by atoms with Gasteiger partial charge in [0, 0.05) is 0 Å². The van der Waals surface area contributed by atoms with Crippen LogP contribution in [0.25, 0.3) is 0 Å². The van der Waals surface area contributed by atoms with E-state index in [4.69, 9.17) is 0 Å². The molecule has 0 aliphatic rings. The van der Waals surface area contributed by atoms with E-state index in [1.807, 2.05) is 18.2 Å². The Bertz CT molecular complexity index is 549. The van der Waals surface area contributed by atoms with E-state index in [0.717, 1.165) is 11.4 Å². The maximum Gasteiger partial charge on any atom is 0.137 e. The zero-order valence-corrected chi connectivity index (χ0v) is 9.59. The van der Waals surface area contributed by atoms with E-state index in [1.54, 1.807) is 22.0 Å². The van der Waals surface area contributed by atoms with E-state index in [2.05, 4.69) is 25.1 Å². The van der Waals surface area contributed by atoms with Gasteiger partial charge in [0.15, 0.2) is 0 Å². The summed E-state index contributed by atoms with van der Waals surface area (Å²) in [4.78, 5) is 12.4. The quantitative estimate of drug-likeness (QED) is 0.659. The lowest BCUT2D eigenvalue weighted by Gasteiger charge is -2.04. The zero-order valence-electron chi connectivity index (χ0n) is 9.59. The molecule has 0 radical (unpaired) electrons. The SMILES string of the molecule is c1cc(Cn2cncn2)nc(Cn2cncn2)c1. The van der Waals surface area contributed by atoms with E-state index in [9.17, 15) is 0 Å². The summed E-state index contributed by atoms with van der Waals surface area (Å²) in [6.07, 6.45) is 6.37. The molecule has 0 N–H and O–H groups in total. The predicted octanol–water partition coefficient (Wildman–Crippen LogP) is 0.361. The lowest BCUT2D eigenvalue weighted by molar-refractivity contribution is 0.645. The molecule has 0 saturated carbocycles. The van der Waals surface area contributed by atoms with Crippen molar-refractivity contribution in [1.82, 2.24) is 34.5 Å². The highest BCUT2D eigenvalue weighted by Crippen LogP contribution is 2.02. The molecule has 7 heteroatoms. The smallest absolute Gasteiger partial charge is 0.137 e. The minimum absolute atomic E-state index is 0.616. The molecule has 18 heavy (non-hydrogen) atoms. The van der Waals surface area contributed by atoms with Crippen molar-refractivity contribution < 1.29 is 0 Å². The van der Waals surface area contributed by atoms with Crippen LogP contribution in [0.15, 0.2) is 43.5 Å². The van der Waals surface area contributed by atoms with Gasteiger partial charge in [0.25, 0.3) is 0 Å². The molecule has 90 valence electrons. The van der Waals surface area contributed by atoms with Crippen molar-refractivity contribution in [3.8, 4) is 0 Å². The lowest BCUT2D eigenvalue weighted by atomic mass is 10.3. The Labute approximate surface area is 103 Å². The van der Waals surface area contributed by atoms with Crippen molar-refractivity contribution in [3.63, 3.8) is 0 Å². The van der Waals surface area contributed by atoms with E-state index < -0.39 is 0 Å². The summed E-state index contributed by atoms with van der Waals surface area (Å²) >= 11 is 0. The highest BCUT2D eigenvalue weighted by molar-refractivity contribution is 5.11. The van der Waals surface area contributed by atoms with Crippen LogP contribution in [0.5, 0.6) is 0 Å². The summed E-state index contributed by atoms with van der Waals surface area (Å²) in [6, 6.07) is 5.91. The van der Waals surface area contributed by atoms with Crippen molar-refractivity contribution in [3.05, 3.63) is 54.9 Å². The summed E-state index contributed by atoms with van der Waals surface area (Å²) in [6.45, 7) is 1.23. The predicted molar refractivity (Wildman–Crippen MR) is 62.5 cm³/mol. The molecule has 0 unspecified atom stereocenters. The number of hydrogen-bond donors (Lipinski definition) is 0. The molecule has 0 amide bonds. The Kier molecular flexibility index (Phi) is 2.79. The van der Waals surface area contributed by atoms with E-state index >= 15 is 0 Å². The van der Waals surface area contributed by atoms with Gasteiger partial charge in [0.05, 0.1) is 24.5 Å². The molecule has 0 aliphatic carbocycles. The van der Waals surface area contributed by atoms with E-state index in [-0.39, 0.29) is 0 Å². The fourth-order valence-corrected chi connectivity index (χ4v) is 1.67. The molecule has 0 fully saturated rings. The second-order valence-corrected chi connectivity index (χ2v) is 3.81. The van der Waals surface area contributed by atoms with Crippen molar-refractivity contribution in [2.45, 2.75) is 13.1 Å². The average molecular weight is 241 g/mol. The van der Waals surface area contributed by atoms with Crippen LogP contribution < -0.4 is 0 Å². The Morgan fingerprint density at radius 1 is 0.833 bits per heavy atom. The number of aromatic nitrogens is 7. The third-order valence-electron chi connectivity index (χ3n) is 2.45. The van der Waals surface area contributed by atoms with Gasteiger partial charge < -0.3 is 0 Å². The summed E-state index contributed by atoms with van der Waals surface area (Å²) in [5, 5.41) is 8.11. The molecule has 3 aromatic rings. The second kappa shape index (κ2) is 4.74. The molecule has 0 atom stereocenters. The molecule has 0 spiro atoms. The molecular weight excluding hydrogens is 230 g/mol. The minimum atomic E-state index is 0.616. The van der Waals surface area contributed by atoms with Gasteiger partial charge in [-0.05, 0) is 12.1 Å². The van der Waals surface area contributed by atoms with Gasteiger partial charge >= 0.3 is 0 Å². The second-order valence-electron chi connectivity index (χ2n) is 3.81. The van der Waals surface area contributed by atoms with E-state index in [0.29, 0.717) is 13.1 Å². The first-order valence-corrected chi connectivity index (χ1v) is 5.50. The van der Waals surface area contributed by atoms with Crippen molar-refractivity contribution in [1.29, 1.82) is 0 Å². The Morgan fingerprint density at radius 2 is 1.39 bits per heavy atom. The Hall–Kier alpha value is -2.57. The van der Waals surface area contributed by atoms with Gasteiger partial charge in [0.2, 0.25) is 0 Å². The monoisotopic (exact) mass is 241 g/mol. The third kappa shape index (κ3) is 2.40. The molecule has 0 aromatic carbocycles. The normalized spacial score (nSPS) is 10.7. The maximum atomic E-state index is 4.55. The first-order valence-electron chi connectivity index (χ1n) is 5.50. The fraction of sp³-hybridized carbons (Fsp3) is 0.182. The van der Waals surface area contributed by atoms with Crippen LogP contribution in [0.3, 0.4) is 0 Å². The van der Waals surface area contributed by atoms with Crippen LogP contribution in [0.1, 0.15) is 11.4 Å². The van der Waals surface area contributed by atoms with Gasteiger partial charge in [-0.3, -0.25) is 4.98 Å². The van der Waals surface area contributed by atoms with Crippen molar-refractivity contribution in [2.24, 2.45) is 0 Å². The first kappa shape index (κ1) is 10.6. The number of pyridine rings is 1. The summed E-state index contributed by atoms with van der Waals surface area (Å²) in [5.74, 6) is 0. The number of nitrogens with zero attached hydrogens (tertiary/aromatic N) is 7. The van der Waals surface area contributed by atoms with Gasteiger partial charge in [-0.15, -0.1) is 0 Å². The average Bonchev–Trinajstić information content (AvgIpc) is 3.03.